The van der Waals surface area contributed by atoms with Crippen molar-refractivity contribution in [2.45, 2.75) is 26.1 Å². The van der Waals surface area contributed by atoms with Gasteiger partial charge in [-0.25, -0.2) is 0 Å². The van der Waals surface area contributed by atoms with E-state index in [4.69, 9.17) is 0 Å². The van der Waals surface area contributed by atoms with Gasteiger partial charge < -0.3 is 14.8 Å². The van der Waals surface area contributed by atoms with Crippen molar-refractivity contribution in [1.82, 2.24) is 14.8 Å². The molecule has 0 amide bonds. The Morgan fingerprint density at radius 1 is 1.48 bits per heavy atom. The van der Waals surface area contributed by atoms with Crippen LogP contribution in [0, 0.1) is 0 Å². The van der Waals surface area contributed by atoms with Gasteiger partial charge in [0, 0.05) is 37.0 Å². The molecule has 0 aliphatic heterocycles. The third kappa shape index (κ3) is 6.41. The number of rotatable bonds is 5. The number of guanidine groups is 1. The van der Waals surface area contributed by atoms with Gasteiger partial charge in [0.1, 0.15) is 0 Å². The summed E-state index contributed by atoms with van der Waals surface area (Å²) in [5.41, 5.74) is 1.03. The average molecular weight is 369 g/mol. The minimum atomic E-state index is -4.18. The van der Waals surface area contributed by atoms with Crippen LogP contribution in [0.15, 0.2) is 21.7 Å². The molecular weight excluding hydrogens is 349 g/mol. The summed E-state index contributed by atoms with van der Waals surface area (Å²) >= 11 is 3.39. The number of nitrogens with zero attached hydrogens (tertiary/aromatic N) is 3. The highest BCUT2D eigenvalue weighted by Gasteiger charge is 2.26. The monoisotopic (exact) mass is 368 g/mol. The van der Waals surface area contributed by atoms with E-state index in [2.05, 4.69) is 26.2 Å². The number of alkyl halides is 3. The minimum Gasteiger partial charge on any atom is -0.357 e. The second kappa shape index (κ2) is 7.72. The Labute approximate surface area is 131 Å². The van der Waals surface area contributed by atoms with Gasteiger partial charge in [-0.05, 0) is 28.9 Å². The lowest BCUT2D eigenvalue weighted by atomic mass is 10.4. The van der Waals surface area contributed by atoms with Crippen molar-refractivity contribution in [3.8, 4) is 0 Å². The van der Waals surface area contributed by atoms with Crippen LogP contribution < -0.4 is 5.32 Å². The summed E-state index contributed by atoms with van der Waals surface area (Å²) in [4.78, 5) is 5.83. The highest BCUT2D eigenvalue weighted by Crippen LogP contribution is 2.19. The number of hydrogen-bond acceptors (Lipinski definition) is 1. The molecule has 1 aromatic rings. The van der Waals surface area contributed by atoms with Crippen molar-refractivity contribution in [3.05, 3.63) is 22.4 Å². The smallest absolute Gasteiger partial charge is 0.357 e. The molecule has 1 rings (SSSR count). The van der Waals surface area contributed by atoms with Crippen LogP contribution in [0.1, 0.15) is 19.0 Å². The lowest BCUT2D eigenvalue weighted by Crippen LogP contribution is -2.39. The van der Waals surface area contributed by atoms with Gasteiger partial charge in [0.2, 0.25) is 0 Å². The van der Waals surface area contributed by atoms with Gasteiger partial charge in [-0.1, -0.05) is 0 Å². The summed E-state index contributed by atoms with van der Waals surface area (Å²) in [6.45, 7) is 2.77. The molecule has 120 valence electrons. The molecule has 1 heterocycles. The summed E-state index contributed by atoms with van der Waals surface area (Å²) < 4.78 is 39.5. The van der Waals surface area contributed by atoms with Crippen LogP contribution in [0.25, 0.3) is 0 Å². The zero-order valence-electron chi connectivity index (χ0n) is 12.3. The first-order valence-electron chi connectivity index (χ1n) is 6.60. The molecule has 0 aliphatic carbocycles. The van der Waals surface area contributed by atoms with Gasteiger partial charge in [-0.2, -0.15) is 13.2 Å². The summed E-state index contributed by atoms with van der Waals surface area (Å²) in [5.74, 6) is 0.471. The van der Waals surface area contributed by atoms with Crippen molar-refractivity contribution in [2.75, 3.05) is 20.1 Å². The van der Waals surface area contributed by atoms with Crippen LogP contribution in [0.2, 0.25) is 0 Å². The van der Waals surface area contributed by atoms with Crippen LogP contribution in [0.3, 0.4) is 0 Å². The van der Waals surface area contributed by atoms with E-state index < -0.39 is 12.6 Å². The number of aliphatic imine (C=N–C) groups is 1. The van der Waals surface area contributed by atoms with Gasteiger partial charge in [-0.3, -0.25) is 4.99 Å². The predicted octanol–water partition coefficient (Wildman–Crippen LogP) is 3.14. The highest BCUT2D eigenvalue weighted by atomic mass is 79.9. The topological polar surface area (TPSA) is 32.6 Å². The zero-order valence-corrected chi connectivity index (χ0v) is 13.9. The SMILES string of the molecule is CCNC(=NCCC(F)(F)F)N(C)Cc1cc(Br)cn1C. The van der Waals surface area contributed by atoms with E-state index in [0.29, 0.717) is 19.0 Å². The van der Waals surface area contributed by atoms with E-state index in [0.717, 1.165) is 10.2 Å². The lowest BCUT2D eigenvalue weighted by Gasteiger charge is -2.22. The molecule has 1 N–H and O–H groups in total. The van der Waals surface area contributed by atoms with E-state index in [-0.39, 0.29) is 6.54 Å². The van der Waals surface area contributed by atoms with E-state index in [1.807, 2.05) is 35.7 Å². The Bertz CT molecular complexity index is 482. The fourth-order valence-corrected chi connectivity index (χ4v) is 2.37. The van der Waals surface area contributed by atoms with E-state index in [1.54, 1.807) is 7.05 Å². The maximum Gasteiger partial charge on any atom is 0.390 e. The highest BCUT2D eigenvalue weighted by molar-refractivity contribution is 9.10. The molecule has 0 saturated carbocycles. The third-order valence-corrected chi connectivity index (χ3v) is 3.26. The van der Waals surface area contributed by atoms with E-state index in [1.165, 1.54) is 0 Å². The standard InChI is InChI=1S/C13H20BrF3N4/c1-4-18-12(19-6-5-13(15,16)17)21(3)9-11-7-10(14)8-20(11)2/h7-8H,4-6,9H2,1-3H3,(H,18,19). The molecule has 0 saturated heterocycles. The zero-order chi connectivity index (χ0) is 16.0. The molecule has 0 aliphatic rings. The van der Waals surface area contributed by atoms with Crippen LogP contribution in [0.5, 0.6) is 0 Å². The molecule has 0 spiro atoms. The lowest BCUT2D eigenvalue weighted by molar-refractivity contribution is -0.132. The van der Waals surface area contributed by atoms with Crippen molar-refractivity contribution in [2.24, 2.45) is 12.0 Å². The second-order valence-corrected chi connectivity index (χ2v) is 5.63. The third-order valence-electron chi connectivity index (χ3n) is 2.83. The number of aryl methyl sites for hydroxylation is 1. The normalized spacial score (nSPS) is 12.6. The molecule has 0 atom stereocenters. The number of aromatic nitrogens is 1. The fourth-order valence-electron chi connectivity index (χ4n) is 1.80. The molecule has 0 radical (unpaired) electrons. The maximum atomic E-state index is 12.2. The Balaban J connectivity index is 2.70. The van der Waals surface area contributed by atoms with Gasteiger partial charge >= 0.3 is 6.18 Å². The minimum absolute atomic E-state index is 0.271. The summed E-state index contributed by atoms with van der Waals surface area (Å²) in [5, 5.41) is 3.00. The Hall–Kier alpha value is -1.18. The second-order valence-electron chi connectivity index (χ2n) is 4.72. The predicted molar refractivity (Wildman–Crippen MR) is 81.2 cm³/mol. The van der Waals surface area contributed by atoms with Gasteiger partial charge in [0.05, 0.1) is 19.5 Å². The molecule has 4 nitrogen and oxygen atoms in total. The molecule has 21 heavy (non-hydrogen) atoms. The van der Waals surface area contributed by atoms with Crippen LogP contribution >= 0.6 is 15.9 Å². The van der Waals surface area contributed by atoms with Gasteiger partial charge in [-0.15, -0.1) is 0 Å². The van der Waals surface area contributed by atoms with Crippen LogP contribution in [-0.2, 0) is 13.6 Å². The molecule has 0 bridgehead atoms. The summed E-state index contributed by atoms with van der Waals surface area (Å²) in [7, 11) is 3.72. The fraction of sp³-hybridized carbons (Fsp3) is 0.615. The van der Waals surface area contributed by atoms with Crippen molar-refractivity contribution in [1.29, 1.82) is 0 Å². The quantitative estimate of drug-likeness (QED) is 0.639. The van der Waals surface area contributed by atoms with Crippen molar-refractivity contribution >= 4 is 21.9 Å². The van der Waals surface area contributed by atoms with E-state index >= 15 is 0 Å². The van der Waals surface area contributed by atoms with Crippen LogP contribution in [-0.4, -0.2) is 41.7 Å². The molecule has 8 heteroatoms. The first-order valence-corrected chi connectivity index (χ1v) is 7.39. The molecule has 0 fully saturated rings. The first-order chi connectivity index (χ1) is 9.73. The maximum absolute atomic E-state index is 12.2. The largest absolute Gasteiger partial charge is 0.390 e. The summed E-state index contributed by atoms with van der Waals surface area (Å²) in [6, 6.07) is 1.97. The molecular formula is C13H20BrF3N4. The summed E-state index contributed by atoms with van der Waals surface area (Å²) in [6.07, 6.45) is -3.16. The molecule has 0 unspecified atom stereocenters. The average Bonchev–Trinajstić information content (AvgIpc) is 2.65. The van der Waals surface area contributed by atoms with Gasteiger partial charge in [0.25, 0.3) is 0 Å². The van der Waals surface area contributed by atoms with Gasteiger partial charge in [0.15, 0.2) is 5.96 Å². The first kappa shape index (κ1) is 17.9. The van der Waals surface area contributed by atoms with Crippen molar-refractivity contribution in [3.63, 3.8) is 0 Å². The number of hydrogen-bond donors (Lipinski definition) is 1. The Morgan fingerprint density at radius 3 is 2.62 bits per heavy atom. The Kier molecular flexibility index (Phi) is 6.57. The van der Waals surface area contributed by atoms with Crippen molar-refractivity contribution < 1.29 is 13.2 Å². The number of nitrogens with one attached hydrogen (secondary N) is 1. The Morgan fingerprint density at radius 2 is 2.14 bits per heavy atom. The van der Waals surface area contributed by atoms with E-state index in [9.17, 15) is 13.2 Å². The number of halogens is 4. The molecule has 1 aromatic heterocycles. The molecule has 0 aromatic carbocycles. The van der Waals surface area contributed by atoms with Crippen LogP contribution in [0.4, 0.5) is 13.2 Å².